The van der Waals surface area contributed by atoms with Crippen LogP contribution in [0.5, 0.6) is 0 Å². The van der Waals surface area contributed by atoms with Crippen molar-refractivity contribution in [3.63, 3.8) is 0 Å². The van der Waals surface area contributed by atoms with Gasteiger partial charge in [0, 0.05) is 65.0 Å². The molecule has 2 rings (SSSR count). The summed E-state index contributed by atoms with van der Waals surface area (Å²) in [6.07, 6.45) is -8.78. The van der Waals surface area contributed by atoms with Crippen molar-refractivity contribution < 1.29 is 50.6 Å². The molecule has 0 aromatic heterocycles. The van der Waals surface area contributed by atoms with Crippen molar-refractivity contribution in [2.75, 3.05) is 53.0 Å². The lowest BCUT2D eigenvalue weighted by molar-refractivity contribution is -0.192. The fraction of sp³-hybridized carbons (Fsp3) is 0.571. The summed E-state index contributed by atoms with van der Waals surface area (Å²) in [4.78, 5) is 37.3. The average Bonchev–Trinajstić information content (AvgIpc) is 2.80. The number of halogens is 6. The van der Waals surface area contributed by atoms with Crippen LogP contribution in [0.25, 0.3) is 0 Å². The van der Waals surface area contributed by atoms with Crippen molar-refractivity contribution in [3.8, 4) is 0 Å². The Morgan fingerprint density at radius 3 is 2.03 bits per heavy atom. The molecule has 0 saturated carbocycles. The summed E-state index contributed by atoms with van der Waals surface area (Å²) in [5.41, 5.74) is -0.635. The third-order valence-corrected chi connectivity index (χ3v) is 4.83. The minimum atomic E-state index is -5.08. The molecule has 0 atom stereocenters. The Morgan fingerprint density at radius 1 is 1.03 bits per heavy atom. The van der Waals surface area contributed by atoms with E-state index < -0.39 is 29.8 Å². The molecule has 1 fully saturated rings. The number of hydrogen-bond donors (Lipinski definition) is 2. The Labute approximate surface area is 197 Å². The predicted octanol–water partition coefficient (Wildman–Crippen LogP) is 2.64. The normalized spacial score (nSPS) is 14.1. The maximum absolute atomic E-state index is 12.8. The minimum Gasteiger partial charge on any atom is -0.475 e. The lowest BCUT2D eigenvalue weighted by Gasteiger charge is -2.29. The number of carboxylic acid groups (broad SMARTS) is 1. The van der Waals surface area contributed by atoms with Gasteiger partial charge in [-0.3, -0.25) is 9.59 Å². The number of ether oxygens (including phenoxy) is 1. The molecule has 1 aromatic rings. The van der Waals surface area contributed by atoms with E-state index in [1.807, 2.05) is 0 Å². The van der Waals surface area contributed by atoms with Crippen molar-refractivity contribution in [3.05, 3.63) is 35.4 Å². The highest BCUT2D eigenvalue weighted by atomic mass is 19.4. The molecule has 198 valence electrons. The van der Waals surface area contributed by atoms with Crippen LogP contribution in [0.3, 0.4) is 0 Å². The van der Waals surface area contributed by atoms with Crippen LogP contribution in [0.15, 0.2) is 24.3 Å². The molecule has 2 N–H and O–H groups in total. The highest BCUT2D eigenvalue weighted by molar-refractivity contribution is 5.94. The molecule has 1 aliphatic heterocycles. The first-order chi connectivity index (χ1) is 16.3. The summed E-state index contributed by atoms with van der Waals surface area (Å²) in [6, 6.07) is 4.14. The van der Waals surface area contributed by atoms with Crippen LogP contribution < -0.4 is 5.32 Å². The minimum absolute atomic E-state index is 0.0292. The highest BCUT2D eigenvalue weighted by Gasteiger charge is 2.38. The number of piperazine rings is 1. The predicted molar refractivity (Wildman–Crippen MR) is 112 cm³/mol. The van der Waals surface area contributed by atoms with Crippen molar-refractivity contribution in [1.82, 2.24) is 15.1 Å². The van der Waals surface area contributed by atoms with Gasteiger partial charge in [0.15, 0.2) is 0 Å². The second-order valence-electron chi connectivity index (χ2n) is 7.40. The Bertz CT molecular complexity index is 824. The molecule has 35 heavy (non-hydrogen) atoms. The van der Waals surface area contributed by atoms with Crippen molar-refractivity contribution in [2.24, 2.45) is 0 Å². The zero-order chi connectivity index (χ0) is 26.6. The van der Waals surface area contributed by atoms with Crippen molar-refractivity contribution in [1.29, 1.82) is 0 Å². The van der Waals surface area contributed by atoms with Crippen LogP contribution in [0.4, 0.5) is 26.3 Å². The fourth-order valence-corrected chi connectivity index (χ4v) is 3.00. The SMILES string of the molecule is COCCCN(CCC(=O)N1CCNCC1)C(=O)c1ccc(C(F)(F)F)cc1.O=C(O)C(F)(F)F. The van der Waals surface area contributed by atoms with Crippen LogP contribution in [0, 0.1) is 0 Å². The van der Waals surface area contributed by atoms with Gasteiger partial charge in [0.25, 0.3) is 5.91 Å². The summed E-state index contributed by atoms with van der Waals surface area (Å²) >= 11 is 0. The summed E-state index contributed by atoms with van der Waals surface area (Å²) < 4.78 is 74.9. The Hall–Kier alpha value is -2.87. The molecule has 0 bridgehead atoms. The summed E-state index contributed by atoms with van der Waals surface area (Å²) in [5, 5.41) is 10.3. The van der Waals surface area contributed by atoms with E-state index in [-0.39, 0.29) is 24.4 Å². The van der Waals surface area contributed by atoms with E-state index in [1.54, 1.807) is 12.0 Å². The third-order valence-electron chi connectivity index (χ3n) is 4.83. The van der Waals surface area contributed by atoms with Crippen LogP contribution in [-0.4, -0.2) is 91.9 Å². The van der Waals surface area contributed by atoms with E-state index in [0.717, 1.165) is 25.2 Å². The first-order valence-electron chi connectivity index (χ1n) is 10.5. The van der Waals surface area contributed by atoms with Gasteiger partial charge in [-0.15, -0.1) is 0 Å². The smallest absolute Gasteiger partial charge is 0.475 e. The number of carbonyl (C=O) groups excluding carboxylic acids is 2. The molecule has 8 nitrogen and oxygen atoms in total. The van der Waals surface area contributed by atoms with Gasteiger partial charge in [0.1, 0.15) is 0 Å². The highest BCUT2D eigenvalue weighted by Crippen LogP contribution is 2.29. The number of aliphatic carboxylic acids is 1. The zero-order valence-electron chi connectivity index (χ0n) is 18.9. The van der Waals surface area contributed by atoms with Gasteiger partial charge in [-0.2, -0.15) is 26.3 Å². The molecule has 14 heteroatoms. The van der Waals surface area contributed by atoms with Gasteiger partial charge in [0.2, 0.25) is 5.91 Å². The molecule has 0 radical (unpaired) electrons. The average molecular weight is 515 g/mol. The van der Waals surface area contributed by atoms with E-state index in [0.29, 0.717) is 32.7 Å². The lowest BCUT2D eigenvalue weighted by atomic mass is 10.1. The van der Waals surface area contributed by atoms with Crippen LogP contribution in [0.2, 0.25) is 0 Å². The molecule has 0 spiro atoms. The molecule has 1 aliphatic rings. The van der Waals surface area contributed by atoms with Crippen molar-refractivity contribution >= 4 is 17.8 Å². The maximum atomic E-state index is 12.8. The zero-order valence-corrected chi connectivity index (χ0v) is 18.9. The summed E-state index contributed by atoms with van der Waals surface area (Å²) in [7, 11) is 1.55. The topological polar surface area (TPSA) is 99.2 Å². The molecule has 0 aliphatic carbocycles. The first-order valence-corrected chi connectivity index (χ1v) is 10.5. The monoisotopic (exact) mass is 515 g/mol. The molecule has 1 aromatic carbocycles. The number of benzene rings is 1. The van der Waals surface area contributed by atoms with E-state index in [1.165, 1.54) is 17.0 Å². The lowest BCUT2D eigenvalue weighted by Crippen LogP contribution is -2.47. The van der Waals surface area contributed by atoms with Crippen LogP contribution in [0.1, 0.15) is 28.8 Å². The van der Waals surface area contributed by atoms with Crippen molar-refractivity contribution in [2.45, 2.75) is 25.2 Å². The van der Waals surface area contributed by atoms with E-state index in [9.17, 15) is 35.9 Å². The van der Waals surface area contributed by atoms with E-state index in [2.05, 4.69) is 5.32 Å². The number of carbonyl (C=O) groups is 3. The Balaban J connectivity index is 0.000000762. The second-order valence-corrected chi connectivity index (χ2v) is 7.40. The van der Waals surface area contributed by atoms with Crippen LogP contribution >= 0.6 is 0 Å². The standard InChI is InChI=1S/C19H26F3N3O3.C2HF3O2/c1-28-14-2-10-25(11-7-17(26)24-12-8-23-9-13-24)18(27)15-3-5-16(6-4-15)19(20,21)22;3-2(4,5)1(6)7/h3-6,23H,2,7-14H2,1H3;(H,6,7). The van der Waals surface area contributed by atoms with E-state index >= 15 is 0 Å². The third kappa shape index (κ3) is 10.9. The molecule has 0 unspecified atom stereocenters. The van der Waals surface area contributed by atoms with Gasteiger partial charge in [-0.05, 0) is 30.7 Å². The number of methoxy groups -OCH3 is 1. The summed E-state index contributed by atoms with van der Waals surface area (Å²) in [5.74, 6) is -3.18. The van der Waals surface area contributed by atoms with Gasteiger partial charge in [-0.25, -0.2) is 4.79 Å². The quantitative estimate of drug-likeness (QED) is 0.408. The Morgan fingerprint density at radius 2 is 1.57 bits per heavy atom. The van der Waals surface area contributed by atoms with Crippen LogP contribution in [-0.2, 0) is 20.5 Å². The summed E-state index contributed by atoms with van der Waals surface area (Å²) in [6.45, 7) is 3.78. The largest absolute Gasteiger partial charge is 0.490 e. The van der Waals surface area contributed by atoms with Gasteiger partial charge in [0.05, 0.1) is 5.56 Å². The first kappa shape index (κ1) is 30.2. The molecule has 2 amide bonds. The number of amides is 2. The number of alkyl halides is 6. The number of nitrogens with zero attached hydrogens (tertiary/aromatic N) is 2. The number of hydrogen-bond acceptors (Lipinski definition) is 5. The Kier molecular flexibility index (Phi) is 12.0. The maximum Gasteiger partial charge on any atom is 0.490 e. The van der Waals surface area contributed by atoms with Gasteiger partial charge in [-0.1, -0.05) is 0 Å². The second kappa shape index (κ2) is 13.9. The van der Waals surface area contributed by atoms with Gasteiger partial charge >= 0.3 is 18.3 Å². The van der Waals surface area contributed by atoms with E-state index in [4.69, 9.17) is 14.6 Å². The number of carboxylic acids is 1. The molecule has 1 heterocycles. The molecular formula is C21H27F6N3O5. The number of nitrogens with one attached hydrogen (secondary N) is 1. The fourth-order valence-electron chi connectivity index (χ4n) is 3.00. The number of rotatable bonds is 8. The molecular weight excluding hydrogens is 488 g/mol. The molecule has 1 saturated heterocycles. The van der Waals surface area contributed by atoms with Gasteiger partial charge < -0.3 is 25.0 Å².